The van der Waals surface area contributed by atoms with Gasteiger partial charge in [-0.2, -0.15) is 0 Å². The van der Waals surface area contributed by atoms with Crippen molar-refractivity contribution in [1.82, 2.24) is 85.1 Å². The van der Waals surface area contributed by atoms with E-state index in [1.54, 1.807) is 36.4 Å². The fourth-order valence-corrected chi connectivity index (χ4v) is 22.1. The number of halogens is 2. The number of nitrogens with zero attached hydrogens (tertiary/aromatic N) is 16. The van der Waals surface area contributed by atoms with E-state index >= 15 is 0 Å². The zero-order valence-electron chi connectivity index (χ0n) is 86.9. The zero-order valence-corrected chi connectivity index (χ0v) is 90.7. The number of anilines is 1. The van der Waals surface area contributed by atoms with Crippen LogP contribution in [0.4, 0.5) is 5.69 Å². The third-order valence-electron chi connectivity index (χ3n) is 29.6. The molecule has 1 aliphatic carbocycles. The number of rotatable bonds is 37. The number of nitrogen functional groups attached to an aromatic ring is 1. The first-order valence-corrected chi connectivity index (χ1v) is 55.7. The van der Waals surface area contributed by atoms with Gasteiger partial charge in [0.1, 0.15) is 0 Å². The molecule has 150 heavy (non-hydrogen) atoms. The van der Waals surface area contributed by atoms with E-state index in [-0.39, 0.29) is 35.2 Å². The number of benzene rings is 10. The first kappa shape index (κ1) is 107. The summed E-state index contributed by atoms with van der Waals surface area (Å²) in [6.07, 6.45) is 39.5. The van der Waals surface area contributed by atoms with Gasteiger partial charge in [0.05, 0.1) is 63.4 Å². The van der Waals surface area contributed by atoms with Gasteiger partial charge in [0.25, 0.3) is 5.91 Å². The predicted octanol–water partition coefficient (Wildman–Crippen LogP) is 30.8. The van der Waals surface area contributed by atoms with E-state index in [0.29, 0.717) is 124 Å². The van der Waals surface area contributed by atoms with Gasteiger partial charge in [-0.1, -0.05) is 370 Å². The van der Waals surface area contributed by atoms with Crippen LogP contribution in [0, 0.1) is 0 Å². The number of carbonyl (C=O) groups is 2. The minimum Gasteiger partial charge on any atom is -0.357 e. The summed E-state index contributed by atoms with van der Waals surface area (Å²) in [6, 6.07) is 64.7. The Morgan fingerprint density at radius 2 is 0.533 bits per heavy atom. The molecule has 25 heteroatoms. The standard InChI is InChI=1S/C74H101N9.C32H16N8.C19H11Cl2NO2.Cu.O.V/c1-8-15-22-29-36-51-43-44-52(37-30-23-16-9-2)60-59(51)67-76-68(60)78-70-63-55(40-33-26-19-12-5)47-48-56(41-34-27-20-13-6)64(63)72(80-70)82-74-66-58(75)50-49-57(42-35-28-21-14-7)65(66)73(83-74)81-71-62-54(39-32-25-18-11-4)46-45-53(38-31-24-17-10-3)61(62)69(77-67)79-71;1-2-10-18-17(9-1)25-33-26(18)38-28-21-13-5-6-14-22(21)30(35-28)40-32-24-16-8-7-15-23(24)31(36-32)39-29-20-12-4-3-11-19(20)27(34-29)37-25;20-12-5-1-10(2-6-12)14-9-15(23)17-16(14)19(24)22-18(17)11-3-7-13(21)8-4-11;;;/h43-50H,8-42,75H2,1-7H3;1-16H;1-8H,9H2,(H,22,24);;;/q2*-2;;+2;;+2. The van der Waals surface area contributed by atoms with Crippen LogP contribution in [0.2, 0.25) is 10.0 Å². The number of aromatic nitrogens is 16. The smallest absolute Gasteiger partial charge is 0.0927 e. The van der Waals surface area contributed by atoms with E-state index in [1.165, 1.54) is 167 Å². The van der Waals surface area contributed by atoms with E-state index in [1.807, 2.05) is 109 Å². The summed E-state index contributed by atoms with van der Waals surface area (Å²) < 4.78 is 8.19. The van der Waals surface area contributed by atoms with Gasteiger partial charge < -0.3 is 70.9 Å². The Morgan fingerprint density at radius 3 is 0.847 bits per heavy atom. The molecular weight excluding hydrogens is 1990 g/mol. The molecule has 0 atom stereocenters. The summed E-state index contributed by atoms with van der Waals surface area (Å²) in [5.41, 5.74) is 33.4. The Morgan fingerprint density at radius 1 is 0.280 bits per heavy atom. The maximum absolute atomic E-state index is 12.6. The molecule has 16 aromatic rings. The van der Waals surface area contributed by atoms with Crippen molar-refractivity contribution in [1.29, 1.82) is 0 Å². The normalized spacial score (nSPS) is 12.6. The first-order chi connectivity index (χ1) is 73.2. The van der Waals surface area contributed by atoms with Gasteiger partial charge in [-0.3, -0.25) is 9.59 Å². The predicted molar refractivity (Wildman–Crippen MR) is 603 cm³/mol. The molecule has 766 valence electrons. The van der Waals surface area contributed by atoms with Crippen LogP contribution in [0.15, 0.2) is 205 Å². The van der Waals surface area contributed by atoms with Crippen molar-refractivity contribution in [3.63, 3.8) is 0 Å². The topological polar surface area (TPSA) is 300 Å². The van der Waals surface area contributed by atoms with E-state index in [2.05, 4.69) is 102 Å². The van der Waals surface area contributed by atoms with Gasteiger partial charge in [0.2, 0.25) is 0 Å². The molecular formula is C125H128Cl2CuN18O3V. The molecule has 10 aromatic carbocycles. The molecule has 5 aliphatic heterocycles. The van der Waals surface area contributed by atoms with Crippen LogP contribution >= 0.6 is 23.2 Å². The summed E-state index contributed by atoms with van der Waals surface area (Å²) in [5.74, 6) is 4.63. The Kier molecular flexibility index (Phi) is 35.7. The Labute approximate surface area is 907 Å². The Hall–Kier alpha value is -13.2. The molecule has 0 saturated carbocycles. The van der Waals surface area contributed by atoms with Crippen LogP contribution < -0.4 is 31.0 Å². The molecule has 11 heterocycles. The zero-order chi connectivity index (χ0) is 103. The maximum Gasteiger partial charge on any atom is 0.0927 e. The van der Waals surface area contributed by atoms with Gasteiger partial charge in [-0.15, -0.1) is 0 Å². The first-order valence-electron chi connectivity index (χ1n) is 54.4. The second-order valence-corrected chi connectivity index (χ2v) is 40.8. The molecule has 6 aromatic heterocycles. The van der Waals surface area contributed by atoms with Gasteiger partial charge in [0.15, 0.2) is 5.78 Å². The summed E-state index contributed by atoms with van der Waals surface area (Å²) in [5, 5.41) is 11.7. The molecule has 1 radical (unpaired) electrons. The quantitative estimate of drug-likeness (QED) is 0.0208. The van der Waals surface area contributed by atoms with Crippen molar-refractivity contribution in [3.05, 3.63) is 265 Å². The molecule has 6 aliphatic rings. The molecule has 21 nitrogen and oxygen atoms in total. The van der Waals surface area contributed by atoms with Crippen molar-refractivity contribution in [2.45, 2.75) is 280 Å². The maximum atomic E-state index is 12.6. The van der Waals surface area contributed by atoms with E-state index in [4.69, 9.17) is 112 Å². The molecule has 0 unspecified atom stereocenters. The van der Waals surface area contributed by atoms with Crippen LogP contribution in [0.1, 0.15) is 285 Å². The summed E-state index contributed by atoms with van der Waals surface area (Å²) in [6.45, 7) is 16.1. The van der Waals surface area contributed by atoms with Crippen molar-refractivity contribution >= 4 is 140 Å². The number of unbranched alkanes of at least 4 members (excludes halogenated alkanes) is 21. The number of aryl methyl sites for hydroxylation is 7. The minimum absolute atomic E-state index is 0. The van der Waals surface area contributed by atoms with Gasteiger partial charge >= 0.3 is 38.1 Å². The van der Waals surface area contributed by atoms with Crippen molar-refractivity contribution < 1.29 is 47.7 Å². The number of hydrogen-bond donors (Lipinski definition) is 2. The number of amides is 1. The van der Waals surface area contributed by atoms with Crippen LogP contribution in [0.5, 0.6) is 0 Å². The van der Waals surface area contributed by atoms with Crippen LogP contribution in [0.3, 0.4) is 0 Å². The SMILES string of the molecule is CCCCCCc1ccc(CCCCCC)c2c1-c1nc-2nc2[n-]c(nc3nc(nc4[n-]c(n1)c1c(N)ccc(CCCCCC)c41)-c1c(CCCCCC)ccc(CCCCCC)c1-3)c1c(CCCCCC)ccc(CCCCCC)c21.O=C1CC(c2ccc(Cl)cc2)=C2C(=O)NC(c3ccc(Cl)cc3)=C12.[Cu+2].[O]=[V+2].c1ccc2c(c1)-c1nc-2nc2[n-]c(nc3nc(nc4[n-]c(n1)c1ccccc41)-c1ccccc1-3)c1ccccc21. The van der Waals surface area contributed by atoms with E-state index in [0.717, 1.165) is 218 Å². The number of Topliss-reactive ketones (excluding diaryl/α,β-unsaturated/α-hetero) is 1. The number of allylic oxidation sites excluding steroid dienone is 1. The number of hydrogen-bond acceptors (Lipinski definition) is 16. The average molecular weight is 2120 g/mol. The summed E-state index contributed by atoms with van der Waals surface area (Å²) in [7, 11) is 0. The number of carbonyl (C=O) groups excluding carboxylic acids is 2. The second kappa shape index (κ2) is 50.2. The average Bonchev–Trinajstić information content (AvgIpc) is 1.57. The number of fused-ring (bicyclic) bond motifs is 41. The fourth-order valence-electron chi connectivity index (χ4n) is 21.9. The third-order valence-corrected chi connectivity index (χ3v) is 30.1. The number of nitrogens with two attached hydrogens (primary N) is 1. The van der Waals surface area contributed by atoms with Crippen molar-refractivity contribution in [3.8, 4) is 91.1 Å². The summed E-state index contributed by atoms with van der Waals surface area (Å²) in [4.78, 5) is 110. The van der Waals surface area contributed by atoms with Gasteiger partial charge in [-0.25, -0.2) is 19.9 Å². The second-order valence-electron chi connectivity index (χ2n) is 40.0. The minimum atomic E-state index is -0.245. The molecule has 22 rings (SSSR count). The van der Waals surface area contributed by atoms with E-state index in [9.17, 15) is 9.59 Å². The monoisotopic (exact) mass is 2110 g/mol. The number of ketones is 1. The third kappa shape index (κ3) is 22.9. The molecule has 3 N–H and O–H groups in total. The van der Waals surface area contributed by atoms with Crippen molar-refractivity contribution in [2.75, 3.05) is 5.73 Å². The Bertz CT molecular complexity index is 7720. The molecule has 0 saturated heterocycles. The van der Waals surface area contributed by atoms with Gasteiger partial charge in [-0.05, 0) is 208 Å². The fraction of sp³-hybridized carbons (Fsp3) is 0.344. The summed E-state index contributed by atoms with van der Waals surface area (Å²) >= 11 is 12.9. The molecule has 0 fully saturated rings. The van der Waals surface area contributed by atoms with Crippen LogP contribution in [0.25, 0.3) is 191 Å². The Balaban J connectivity index is 0.000000177. The van der Waals surface area contributed by atoms with E-state index < -0.39 is 0 Å². The van der Waals surface area contributed by atoms with Crippen molar-refractivity contribution in [2.24, 2.45) is 0 Å². The van der Waals surface area contributed by atoms with Crippen LogP contribution in [-0.2, 0) is 92.6 Å². The molecule has 0 spiro atoms. The molecule has 1 amide bonds. The van der Waals surface area contributed by atoms with Crippen LogP contribution in [-0.4, -0.2) is 71.5 Å². The largest absolute Gasteiger partial charge is 0.357 e. The number of nitrogens with one attached hydrogen (secondary N) is 1. The molecule has 16 bridgehead atoms. The van der Waals surface area contributed by atoms with Gasteiger partial charge in [0, 0.05) is 123 Å².